The van der Waals surface area contributed by atoms with Crippen LogP contribution in [0, 0.1) is 0 Å². The molecule has 4 nitrogen and oxygen atoms in total. The molecule has 0 spiro atoms. The van der Waals surface area contributed by atoms with Gasteiger partial charge in [0.2, 0.25) is 0 Å². The molecule has 5 heteroatoms. The third-order valence-corrected chi connectivity index (χ3v) is 1.99. The van der Waals surface area contributed by atoms with E-state index in [2.05, 4.69) is 9.72 Å². The van der Waals surface area contributed by atoms with Crippen LogP contribution in [0.1, 0.15) is 5.56 Å². The molecule has 0 unspecified atom stereocenters. The van der Waals surface area contributed by atoms with Gasteiger partial charge in [-0.05, 0) is 12.1 Å². The number of halogens is 1. The first-order valence-electron chi connectivity index (χ1n) is 4.13. The van der Waals surface area contributed by atoms with Gasteiger partial charge in [0.1, 0.15) is 10.7 Å². The Kier molecular flexibility index (Phi) is 4.12. The van der Waals surface area contributed by atoms with E-state index in [9.17, 15) is 4.79 Å². The molecule has 80 valence electrons. The normalized spacial score (nSPS) is 11.0. The van der Waals surface area contributed by atoms with E-state index in [1.165, 1.54) is 26.7 Å². The molecule has 0 fully saturated rings. The molecule has 0 aliphatic rings. The summed E-state index contributed by atoms with van der Waals surface area (Å²) in [5.41, 5.74) is 0.714. The summed E-state index contributed by atoms with van der Waals surface area (Å²) in [5, 5.41) is 0.228. The maximum atomic E-state index is 11.4. The van der Waals surface area contributed by atoms with Crippen LogP contribution in [0.4, 0.5) is 0 Å². The topological polar surface area (TPSA) is 48.4 Å². The zero-order valence-electron chi connectivity index (χ0n) is 8.36. The Balaban J connectivity index is 3.17. The molecule has 15 heavy (non-hydrogen) atoms. The second-order valence-electron chi connectivity index (χ2n) is 2.60. The average molecular weight is 228 g/mol. The highest BCUT2D eigenvalue weighted by molar-refractivity contribution is 6.33. The van der Waals surface area contributed by atoms with Crippen molar-refractivity contribution in [2.75, 3.05) is 14.2 Å². The average Bonchev–Trinajstić information content (AvgIpc) is 2.26. The number of hydrogen-bond acceptors (Lipinski definition) is 4. The van der Waals surface area contributed by atoms with Gasteiger partial charge in [-0.15, -0.1) is 0 Å². The Morgan fingerprint density at radius 2 is 2.27 bits per heavy atom. The third kappa shape index (κ3) is 2.70. The Labute approximate surface area is 92.5 Å². The molecule has 0 radical (unpaired) electrons. The minimum absolute atomic E-state index is 0.228. The molecule has 0 aliphatic heterocycles. The lowest BCUT2D eigenvalue weighted by molar-refractivity contribution is -0.133. The quantitative estimate of drug-likeness (QED) is 0.343. The first-order valence-corrected chi connectivity index (χ1v) is 4.50. The Hall–Kier alpha value is -1.55. The number of nitrogens with zero attached hydrogens (tertiary/aromatic N) is 1. The molecule has 0 N–H and O–H groups in total. The number of pyridine rings is 1. The number of ether oxygens (including phenoxy) is 2. The minimum atomic E-state index is -0.522. The molecule has 0 saturated carbocycles. The monoisotopic (exact) mass is 227 g/mol. The highest BCUT2D eigenvalue weighted by Crippen LogP contribution is 2.22. The first kappa shape index (κ1) is 11.5. The van der Waals surface area contributed by atoms with E-state index in [1.807, 2.05) is 0 Å². The van der Waals surface area contributed by atoms with Crippen molar-refractivity contribution < 1.29 is 14.3 Å². The van der Waals surface area contributed by atoms with Crippen LogP contribution in [0.2, 0.25) is 5.15 Å². The smallest absolute Gasteiger partial charge is 0.341 e. The van der Waals surface area contributed by atoms with Gasteiger partial charge in [0, 0.05) is 11.8 Å². The van der Waals surface area contributed by atoms with Crippen molar-refractivity contribution in [1.29, 1.82) is 0 Å². The fourth-order valence-corrected chi connectivity index (χ4v) is 1.26. The second kappa shape index (κ2) is 5.36. The molecule has 1 heterocycles. The highest BCUT2D eigenvalue weighted by atomic mass is 35.5. The highest BCUT2D eigenvalue weighted by Gasteiger charge is 2.16. The van der Waals surface area contributed by atoms with Gasteiger partial charge >= 0.3 is 5.97 Å². The van der Waals surface area contributed by atoms with Crippen LogP contribution in [0.25, 0.3) is 5.57 Å². The van der Waals surface area contributed by atoms with Crippen LogP contribution in [0.15, 0.2) is 24.6 Å². The van der Waals surface area contributed by atoms with Crippen molar-refractivity contribution in [2.24, 2.45) is 0 Å². The van der Waals surface area contributed by atoms with Gasteiger partial charge in [-0.3, -0.25) is 0 Å². The standard InChI is InChI=1S/C10H10ClNO3/c1-14-6-8(10(13)15-2)7-4-3-5-12-9(7)11/h3-6H,1-2H3/b8-6+. The lowest BCUT2D eigenvalue weighted by Crippen LogP contribution is -2.05. The summed E-state index contributed by atoms with van der Waals surface area (Å²) < 4.78 is 9.39. The van der Waals surface area contributed by atoms with Gasteiger partial charge in [0.25, 0.3) is 0 Å². The summed E-state index contributed by atoms with van der Waals surface area (Å²) in [4.78, 5) is 15.3. The Morgan fingerprint density at radius 3 is 2.80 bits per heavy atom. The Bertz CT molecular complexity index is 390. The largest absolute Gasteiger partial charge is 0.503 e. The molecular weight excluding hydrogens is 218 g/mol. The molecule has 1 aromatic rings. The summed E-state index contributed by atoms with van der Waals surface area (Å²) in [6.07, 6.45) is 2.81. The van der Waals surface area contributed by atoms with E-state index < -0.39 is 5.97 Å². The predicted molar refractivity (Wildman–Crippen MR) is 56.2 cm³/mol. The molecule has 0 amide bonds. The van der Waals surface area contributed by atoms with Gasteiger partial charge in [-0.25, -0.2) is 9.78 Å². The molecular formula is C10H10ClNO3. The van der Waals surface area contributed by atoms with E-state index in [0.717, 1.165) is 0 Å². The predicted octanol–water partition coefficient (Wildman–Crippen LogP) is 1.90. The molecule has 0 saturated heterocycles. The van der Waals surface area contributed by atoms with Crippen molar-refractivity contribution >= 4 is 23.1 Å². The van der Waals surface area contributed by atoms with Gasteiger partial charge in [-0.2, -0.15) is 0 Å². The maximum absolute atomic E-state index is 11.4. The lowest BCUT2D eigenvalue weighted by Gasteiger charge is -2.06. The van der Waals surface area contributed by atoms with Crippen molar-refractivity contribution in [3.63, 3.8) is 0 Å². The number of hydrogen-bond donors (Lipinski definition) is 0. The lowest BCUT2D eigenvalue weighted by atomic mass is 10.1. The van der Waals surface area contributed by atoms with Gasteiger partial charge < -0.3 is 9.47 Å². The fourth-order valence-electron chi connectivity index (χ4n) is 1.04. The van der Waals surface area contributed by atoms with E-state index in [0.29, 0.717) is 5.56 Å². The number of rotatable bonds is 3. The van der Waals surface area contributed by atoms with Crippen LogP contribution in [-0.4, -0.2) is 25.2 Å². The van der Waals surface area contributed by atoms with Crippen LogP contribution in [-0.2, 0) is 14.3 Å². The second-order valence-corrected chi connectivity index (χ2v) is 2.96. The summed E-state index contributed by atoms with van der Waals surface area (Å²) in [6, 6.07) is 3.34. The molecule has 0 aromatic carbocycles. The van der Waals surface area contributed by atoms with E-state index >= 15 is 0 Å². The number of aromatic nitrogens is 1. The van der Waals surface area contributed by atoms with Crippen LogP contribution in [0.3, 0.4) is 0 Å². The number of esters is 1. The number of carbonyl (C=O) groups excluding carboxylic acids is 1. The fraction of sp³-hybridized carbons (Fsp3) is 0.200. The van der Waals surface area contributed by atoms with Gasteiger partial charge in [0.05, 0.1) is 20.5 Å². The molecule has 0 aliphatic carbocycles. The van der Waals surface area contributed by atoms with E-state index in [4.69, 9.17) is 16.3 Å². The summed E-state index contributed by atoms with van der Waals surface area (Å²) in [6.45, 7) is 0. The minimum Gasteiger partial charge on any atom is -0.503 e. The third-order valence-electron chi connectivity index (χ3n) is 1.69. The Morgan fingerprint density at radius 1 is 1.53 bits per heavy atom. The SMILES string of the molecule is CO/C=C(/C(=O)OC)c1cccnc1Cl. The van der Waals surface area contributed by atoms with Gasteiger partial charge in [0.15, 0.2) is 0 Å². The number of methoxy groups -OCH3 is 2. The van der Waals surface area contributed by atoms with E-state index in [1.54, 1.807) is 12.1 Å². The van der Waals surface area contributed by atoms with Crippen molar-refractivity contribution in [2.45, 2.75) is 0 Å². The van der Waals surface area contributed by atoms with Crippen molar-refractivity contribution in [1.82, 2.24) is 4.98 Å². The zero-order valence-corrected chi connectivity index (χ0v) is 9.12. The van der Waals surface area contributed by atoms with Crippen LogP contribution < -0.4 is 0 Å². The first-order chi connectivity index (χ1) is 7.20. The van der Waals surface area contributed by atoms with Gasteiger partial charge in [-0.1, -0.05) is 11.6 Å². The summed E-state index contributed by atoms with van der Waals surface area (Å²) in [7, 11) is 2.73. The molecule has 0 atom stereocenters. The molecule has 0 bridgehead atoms. The van der Waals surface area contributed by atoms with Crippen LogP contribution in [0.5, 0.6) is 0 Å². The number of carbonyl (C=O) groups is 1. The molecule has 1 rings (SSSR count). The van der Waals surface area contributed by atoms with Crippen molar-refractivity contribution in [3.05, 3.63) is 35.3 Å². The van der Waals surface area contributed by atoms with Crippen LogP contribution >= 0.6 is 11.6 Å². The maximum Gasteiger partial charge on any atom is 0.341 e. The summed E-state index contributed by atoms with van der Waals surface area (Å²) in [5.74, 6) is -0.522. The van der Waals surface area contributed by atoms with E-state index in [-0.39, 0.29) is 10.7 Å². The van der Waals surface area contributed by atoms with Crippen molar-refractivity contribution in [3.8, 4) is 0 Å². The summed E-state index contributed by atoms with van der Waals surface area (Å²) >= 11 is 5.84. The zero-order chi connectivity index (χ0) is 11.3. The molecule has 1 aromatic heterocycles.